The van der Waals surface area contributed by atoms with E-state index in [0.717, 1.165) is 29.5 Å². The van der Waals surface area contributed by atoms with Crippen LogP contribution in [0.1, 0.15) is 18.2 Å². The molecule has 0 aliphatic rings. The van der Waals surface area contributed by atoms with Crippen molar-refractivity contribution in [2.24, 2.45) is 4.99 Å². The van der Waals surface area contributed by atoms with E-state index >= 15 is 0 Å². The van der Waals surface area contributed by atoms with Crippen LogP contribution in [0.3, 0.4) is 0 Å². The maximum absolute atomic E-state index is 5.56. The van der Waals surface area contributed by atoms with Crippen LogP contribution >= 0.6 is 0 Å². The summed E-state index contributed by atoms with van der Waals surface area (Å²) in [5.41, 5.74) is 2.10. The highest BCUT2D eigenvalue weighted by atomic mass is 16.5. The largest absolute Gasteiger partial charge is 0.491 e. The lowest BCUT2D eigenvalue weighted by molar-refractivity contribution is 0.146. The lowest BCUT2D eigenvalue weighted by atomic mass is 10.2. The van der Waals surface area contributed by atoms with Crippen LogP contribution in [0, 0.1) is 0 Å². The van der Waals surface area contributed by atoms with E-state index in [1.807, 2.05) is 49.4 Å². The number of ether oxygens (including phenoxy) is 2. The SMILES string of the molecule is CCNC(=NCc1ccc(OCCOC)cc1)NCc1ccccn1. The summed E-state index contributed by atoms with van der Waals surface area (Å²) < 4.78 is 10.5. The van der Waals surface area contributed by atoms with Crippen molar-refractivity contribution in [1.82, 2.24) is 15.6 Å². The van der Waals surface area contributed by atoms with Crippen LogP contribution in [0.15, 0.2) is 53.7 Å². The average molecular weight is 342 g/mol. The van der Waals surface area contributed by atoms with Gasteiger partial charge in [-0.05, 0) is 36.8 Å². The van der Waals surface area contributed by atoms with Gasteiger partial charge in [0, 0.05) is 19.9 Å². The van der Waals surface area contributed by atoms with Gasteiger partial charge in [0.05, 0.1) is 25.4 Å². The first-order chi connectivity index (χ1) is 12.3. The number of methoxy groups -OCH3 is 1. The Morgan fingerprint density at radius 3 is 2.60 bits per heavy atom. The van der Waals surface area contributed by atoms with Crippen LogP contribution < -0.4 is 15.4 Å². The van der Waals surface area contributed by atoms with Crippen molar-refractivity contribution in [3.05, 3.63) is 59.9 Å². The van der Waals surface area contributed by atoms with Gasteiger partial charge < -0.3 is 20.1 Å². The Morgan fingerprint density at radius 2 is 1.92 bits per heavy atom. The number of pyridine rings is 1. The van der Waals surface area contributed by atoms with E-state index in [1.54, 1.807) is 13.3 Å². The minimum Gasteiger partial charge on any atom is -0.491 e. The zero-order valence-corrected chi connectivity index (χ0v) is 14.9. The minimum absolute atomic E-state index is 0.552. The van der Waals surface area contributed by atoms with Gasteiger partial charge in [0.1, 0.15) is 12.4 Å². The first kappa shape index (κ1) is 18.7. The molecule has 0 fully saturated rings. The van der Waals surface area contributed by atoms with Crippen molar-refractivity contribution in [2.45, 2.75) is 20.0 Å². The van der Waals surface area contributed by atoms with Gasteiger partial charge in [-0.25, -0.2) is 4.99 Å². The maximum Gasteiger partial charge on any atom is 0.191 e. The molecule has 0 atom stereocenters. The van der Waals surface area contributed by atoms with Crippen LogP contribution in [0.4, 0.5) is 0 Å². The predicted molar refractivity (Wildman–Crippen MR) is 99.7 cm³/mol. The van der Waals surface area contributed by atoms with E-state index in [0.29, 0.717) is 26.3 Å². The minimum atomic E-state index is 0.552. The molecule has 0 saturated carbocycles. The fourth-order valence-electron chi connectivity index (χ4n) is 2.12. The zero-order chi connectivity index (χ0) is 17.7. The van der Waals surface area contributed by atoms with Crippen LogP contribution in [0.5, 0.6) is 5.75 Å². The van der Waals surface area contributed by atoms with Gasteiger partial charge in [-0.1, -0.05) is 18.2 Å². The molecule has 2 aromatic rings. The Bertz CT molecular complexity index is 630. The van der Waals surface area contributed by atoms with Crippen LogP contribution in [-0.2, 0) is 17.8 Å². The van der Waals surface area contributed by atoms with Gasteiger partial charge in [0.15, 0.2) is 5.96 Å². The molecule has 25 heavy (non-hydrogen) atoms. The molecule has 0 aliphatic carbocycles. The molecule has 0 bridgehead atoms. The molecule has 134 valence electrons. The molecule has 0 spiro atoms. The third-order valence-corrected chi connectivity index (χ3v) is 3.41. The van der Waals surface area contributed by atoms with Crippen molar-refractivity contribution in [2.75, 3.05) is 26.9 Å². The molecule has 1 heterocycles. The van der Waals surface area contributed by atoms with Crippen molar-refractivity contribution in [3.63, 3.8) is 0 Å². The van der Waals surface area contributed by atoms with Crippen LogP contribution in [-0.4, -0.2) is 37.8 Å². The van der Waals surface area contributed by atoms with Gasteiger partial charge in [0.25, 0.3) is 0 Å². The number of aromatic nitrogens is 1. The maximum atomic E-state index is 5.56. The summed E-state index contributed by atoms with van der Waals surface area (Å²) >= 11 is 0. The second kappa shape index (κ2) is 11.0. The molecular weight excluding hydrogens is 316 g/mol. The van der Waals surface area contributed by atoms with E-state index in [-0.39, 0.29) is 0 Å². The molecule has 0 unspecified atom stereocenters. The summed E-state index contributed by atoms with van der Waals surface area (Å²) in [6.45, 7) is 5.22. The van der Waals surface area contributed by atoms with Gasteiger partial charge in [0.2, 0.25) is 0 Å². The molecule has 0 amide bonds. The van der Waals surface area contributed by atoms with Gasteiger partial charge in [-0.15, -0.1) is 0 Å². The lowest BCUT2D eigenvalue weighted by Crippen LogP contribution is -2.36. The highest BCUT2D eigenvalue weighted by Gasteiger charge is 2.00. The molecule has 6 nitrogen and oxygen atoms in total. The molecule has 0 saturated heterocycles. The zero-order valence-electron chi connectivity index (χ0n) is 14.9. The lowest BCUT2D eigenvalue weighted by Gasteiger charge is -2.11. The molecule has 2 N–H and O–H groups in total. The Hall–Kier alpha value is -2.60. The van der Waals surface area contributed by atoms with E-state index in [9.17, 15) is 0 Å². The Kier molecular flexibility index (Phi) is 8.27. The smallest absolute Gasteiger partial charge is 0.191 e. The van der Waals surface area contributed by atoms with E-state index in [4.69, 9.17) is 9.47 Å². The van der Waals surface area contributed by atoms with Crippen molar-refractivity contribution in [3.8, 4) is 5.75 Å². The molecule has 1 aromatic heterocycles. The van der Waals surface area contributed by atoms with E-state index < -0.39 is 0 Å². The fraction of sp³-hybridized carbons (Fsp3) is 0.368. The van der Waals surface area contributed by atoms with Crippen molar-refractivity contribution < 1.29 is 9.47 Å². The highest BCUT2D eigenvalue weighted by Crippen LogP contribution is 2.12. The number of guanidine groups is 1. The first-order valence-corrected chi connectivity index (χ1v) is 8.44. The summed E-state index contributed by atoms with van der Waals surface area (Å²) in [6, 6.07) is 13.8. The van der Waals surface area contributed by atoms with Crippen LogP contribution in [0.25, 0.3) is 0 Å². The number of benzene rings is 1. The number of nitrogens with one attached hydrogen (secondary N) is 2. The Morgan fingerprint density at radius 1 is 1.08 bits per heavy atom. The molecule has 0 aliphatic heterocycles. The number of rotatable bonds is 9. The van der Waals surface area contributed by atoms with Crippen LogP contribution in [0.2, 0.25) is 0 Å². The number of hydrogen-bond donors (Lipinski definition) is 2. The summed E-state index contributed by atoms with van der Waals surface area (Å²) in [4.78, 5) is 8.91. The van der Waals surface area contributed by atoms with E-state index in [2.05, 4.69) is 20.6 Å². The molecule has 6 heteroatoms. The molecular formula is C19H26N4O2. The Labute approximate surface area is 149 Å². The Balaban J connectivity index is 1.87. The summed E-state index contributed by atoms with van der Waals surface area (Å²) in [5, 5.41) is 6.53. The molecule has 1 aromatic carbocycles. The third kappa shape index (κ3) is 7.22. The highest BCUT2D eigenvalue weighted by molar-refractivity contribution is 5.79. The van der Waals surface area contributed by atoms with Crippen molar-refractivity contribution in [1.29, 1.82) is 0 Å². The number of nitrogens with zero attached hydrogens (tertiary/aromatic N) is 2. The predicted octanol–water partition coefficient (Wildman–Crippen LogP) is 2.36. The second-order valence-electron chi connectivity index (χ2n) is 5.36. The summed E-state index contributed by atoms with van der Waals surface area (Å²) in [5.74, 6) is 1.61. The normalized spacial score (nSPS) is 11.2. The average Bonchev–Trinajstić information content (AvgIpc) is 2.66. The molecule has 0 radical (unpaired) electrons. The van der Waals surface area contributed by atoms with Gasteiger partial charge >= 0.3 is 0 Å². The van der Waals surface area contributed by atoms with Crippen molar-refractivity contribution >= 4 is 5.96 Å². The summed E-state index contributed by atoms with van der Waals surface area (Å²) in [7, 11) is 1.66. The first-order valence-electron chi connectivity index (χ1n) is 8.44. The monoisotopic (exact) mass is 342 g/mol. The number of aliphatic imine (C=N–C) groups is 1. The quantitative estimate of drug-likeness (QED) is 0.416. The topological polar surface area (TPSA) is 67.8 Å². The van der Waals surface area contributed by atoms with E-state index in [1.165, 1.54) is 0 Å². The fourth-order valence-corrected chi connectivity index (χ4v) is 2.12. The number of hydrogen-bond acceptors (Lipinski definition) is 4. The van der Waals surface area contributed by atoms with Gasteiger partial charge in [-0.2, -0.15) is 0 Å². The molecule has 2 rings (SSSR count). The summed E-state index contributed by atoms with van der Waals surface area (Å²) in [6.07, 6.45) is 1.79. The third-order valence-electron chi connectivity index (χ3n) is 3.41. The standard InChI is InChI=1S/C19H26N4O2/c1-3-20-19(23-15-17-6-4-5-11-21-17)22-14-16-7-9-18(10-8-16)25-13-12-24-2/h4-11H,3,12-15H2,1-2H3,(H2,20,22,23). The van der Waals surface area contributed by atoms with Gasteiger partial charge in [-0.3, -0.25) is 4.98 Å². The second-order valence-corrected chi connectivity index (χ2v) is 5.36.